The van der Waals surface area contributed by atoms with Gasteiger partial charge in [-0.05, 0) is 12.1 Å². The predicted molar refractivity (Wildman–Crippen MR) is 43.5 cm³/mol. The summed E-state index contributed by atoms with van der Waals surface area (Å²) in [5.41, 5.74) is -4.71. The fourth-order valence-corrected chi connectivity index (χ4v) is 1.16. The highest BCUT2D eigenvalue weighted by molar-refractivity contribution is 5.82. The molecule has 2 nitrogen and oxygen atoms in total. The smallest absolute Gasteiger partial charge is 0.417 e. The van der Waals surface area contributed by atoms with Crippen LogP contribution in [-0.4, -0.2) is 11.4 Å². The Labute approximate surface area is 90.5 Å². The molecule has 1 N–H and O–H groups in total. The molecule has 0 aromatic heterocycles. The summed E-state index contributed by atoms with van der Waals surface area (Å²) in [4.78, 5) is 10.3. The van der Waals surface area contributed by atoms with Crippen LogP contribution in [0.4, 0.5) is 26.3 Å². The number of alkyl halides is 6. The number of halogens is 6. The van der Waals surface area contributed by atoms with Gasteiger partial charge in [0.25, 0.3) is 0 Å². The molecule has 0 radical (unpaired) electrons. The Balaban J connectivity index is 3.56. The van der Waals surface area contributed by atoms with Gasteiger partial charge in [0.2, 0.25) is 0 Å². The standard InChI is InChI=1S/C9H4F6O2/c10-8(11,12)4-1-6(9(13,14)15)5(3-16)7(17)2-4/h1-3,17H. The van der Waals surface area contributed by atoms with Crippen LogP contribution in [0.2, 0.25) is 0 Å². The van der Waals surface area contributed by atoms with E-state index in [4.69, 9.17) is 5.11 Å². The van der Waals surface area contributed by atoms with Crippen LogP contribution >= 0.6 is 0 Å². The molecule has 0 saturated carbocycles. The number of benzene rings is 1. The minimum absolute atomic E-state index is 0.0684. The van der Waals surface area contributed by atoms with Gasteiger partial charge in [-0.1, -0.05) is 0 Å². The summed E-state index contributed by atoms with van der Waals surface area (Å²) in [7, 11) is 0. The molecule has 17 heavy (non-hydrogen) atoms. The van der Waals surface area contributed by atoms with Crippen LogP contribution < -0.4 is 0 Å². The molecule has 8 heteroatoms. The first-order valence-corrected chi connectivity index (χ1v) is 4.04. The number of carbonyl (C=O) groups excluding carboxylic acids is 1. The first-order chi connectivity index (χ1) is 7.57. The van der Waals surface area contributed by atoms with E-state index >= 15 is 0 Å². The number of carbonyl (C=O) groups is 1. The van der Waals surface area contributed by atoms with E-state index in [0.717, 1.165) is 0 Å². The summed E-state index contributed by atoms with van der Waals surface area (Å²) >= 11 is 0. The predicted octanol–water partition coefficient (Wildman–Crippen LogP) is 3.24. The highest BCUT2D eigenvalue weighted by atomic mass is 19.4. The molecular formula is C9H4F6O2. The molecule has 94 valence electrons. The second-order valence-corrected chi connectivity index (χ2v) is 3.07. The second kappa shape index (κ2) is 3.94. The molecule has 0 unspecified atom stereocenters. The molecule has 0 aliphatic heterocycles. The fourth-order valence-electron chi connectivity index (χ4n) is 1.16. The van der Waals surface area contributed by atoms with Gasteiger partial charge >= 0.3 is 12.4 Å². The normalized spacial score (nSPS) is 12.6. The summed E-state index contributed by atoms with van der Waals surface area (Å²) in [6.07, 6.45) is -10.5. The lowest BCUT2D eigenvalue weighted by Gasteiger charge is -2.14. The third-order valence-corrected chi connectivity index (χ3v) is 1.91. The molecular weight excluding hydrogens is 254 g/mol. The van der Waals surface area contributed by atoms with Crippen molar-refractivity contribution in [2.75, 3.05) is 0 Å². The summed E-state index contributed by atoms with van der Waals surface area (Å²) in [5.74, 6) is -1.36. The van der Waals surface area contributed by atoms with Gasteiger partial charge in [-0.25, -0.2) is 0 Å². The van der Waals surface area contributed by atoms with Gasteiger partial charge in [-0.3, -0.25) is 4.79 Å². The van der Waals surface area contributed by atoms with Crippen molar-refractivity contribution in [2.45, 2.75) is 12.4 Å². The number of aromatic hydroxyl groups is 1. The second-order valence-electron chi connectivity index (χ2n) is 3.07. The molecule has 0 aliphatic carbocycles. The van der Waals surface area contributed by atoms with E-state index in [1.807, 2.05) is 0 Å². The van der Waals surface area contributed by atoms with Crippen molar-refractivity contribution in [3.63, 3.8) is 0 Å². The van der Waals surface area contributed by atoms with E-state index in [0.29, 0.717) is 0 Å². The molecule has 1 rings (SSSR count). The fraction of sp³-hybridized carbons (Fsp3) is 0.222. The van der Waals surface area contributed by atoms with E-state index in [-0.39, 0.29) is 18.4 Å². The van der Waals surface area contributed by atoms with Crippen molar-refractivity contribution in [1.29, 1.82) is 0 Å². The Morgan fingerprint density at radius 2 is 1.53 bits per heavy atom. The summed E-state index contributed by atoms with van der Waals surface area (Å²) in [6, 6.07) is -0.150. The number of rotatable bonds is 1. The van der Waals surface area contributed by atoms with Gasteiger partial charge in [-0.2, -0.15) is 26.3 Å². The zero-order valence-corrected chi connectivity index (χ0v) is 7.86. The van der Waals surface area contributed by atoms with Crippen LogP contribution in [0, 0.1) is 0 Å². The van der Waals surface area contributed by atoms with E-state index in [1.54, 1.807) is 0 Å². The van der Waals surface area contributed by atoms with Gasteiger partial charge < -0.3 is 5.11 Å². The van der Waals surface area contributed by atoms with E-state index < -0.39 is 34.8 Å². The maximum absolute atomic E-state index is 12.3. The quantitative estimate of drug-likeness (QED) is 0.620. The molecule has 0 bridgehead atoms. The van der Waals surface area contributed by atoms with Gasteiger partial charge in [-0.15, -0.1) is 0 Å². The largest absolute Gasteiger partial charge is 0.507 e. The highest BCUT2D eigenvalue weighted by Gasteiger charge is 2.39. The average molecular weight is 258 g/mol. The van der Waals surface area contributed by atoms with Crippen LogP contribution in [-0.2, 0) is 12.4 Å². The Morgan fingerprint density at radius 1 is 1.00 bits per heavy atom. The van der Waals surface area contributed by atoms with E-state index in [1.165, 1.54) is 0 Å². The number of aldehydes is 1. The Bertz CT molecular complexity index is 446. The maximum atomic E-state index is 12.3. The van der Waals surface area contributed by atoms with Crippen molar-refractivity contribution >= 4 is 6.29 Å². The molecule has 0 spiro atoms. The molecule has 0 atom stereocenters. The number of phenols is 1. The molecule has 0 heterocycles. The van der Waals surface area contributed by atoms with Gasteiger partial charge in [0, 0.05) is 0 Å². The SMILES string of the molecule is O=Cc1c(O)cc(C(F)(F)F)cc1C(F)(F)F. The van der Waals surface area contributed by atoms with E-state index in [9.17, 15) is 31.1 Å². The van der Waals surface area contributed by atoms with Crippen LogP contribution in [0.15, 0.2) is 12.1 Å². The minimum Gasteiger partial charge on any atom is -0.507 e. The third kappa shape index (κ3) is 2.69. The van der Waals surface area contributed by atoms with Crippen LogP contribution in [0.25, 0.3) is 0 Å². The molecule has 1 aromatic carbocycles. The zero-order chi connectivity index (χ0) is 13.4. The highest BCUT2D eigenvalue weighted by Crippen LogP contribution is 2.40. The van der Waals surface area contributed by atoms with Gasteiger partial charge in [0.15, 0.2) is 6.29 Å². The topological polar surface area (TPSA) is 37.3 Å². The molecule has 0 amide bonds. The zero-order valence-electron chi connectivity index (χ0n) is 7.86. The lowest BCUT2D eigenvalue weighted by atomic mass is 10.0. The van der Waals surface area contributed by atoms with Gasteiger partial charge in [0.1, 0.15) is 5.75 Å². The number of hydrogen-bond acceptors (Lipinski definition) is 2. The monoisotopic (exact) mass is 258 g/mol. The van der Waals surface area contributed by atoms with Crippen LogP contribution in [0.3, 0.4) is 0 Å². The first kappa shape index (κ1) is 13.3. The van der Waals surface area contributed by atoms with Crippen LogP contribution in [0.1, 0.15) is 21.5 Å². The number of phenolic OH excluding ortho intramolecular Hbond substituents is 1. The van der Waals surface area contributed by atoms with Crippen LogP contribution in [0.5, 0.6) is 5.75 Å². The van der Waals surface area contributed by atoms with Crippen molar-refractivity contribution in [3.8, 4) is 5.75 Å². The Hall–Kier alpha value is -1.73. The molecule has 1 aromatic rings. The average Bonchev–Trinajstić information content (AvgIpc) is 2.13. The first-order valence-electron chi connectivity index (χ1n) is 4.04. The van der Waals surface area contributed by atoms with Crippen molar-refractivity contribution in [3.05, 3.63) is 28.8 Å². The Kier molecular flexibility index (Phi) is 3.09. The summed E-state index contributed by atoms with van der Waals surface area (Å²) < 4.78 is 73.7. The van der Waals surface area contributed by atoms with Crippen molar-refractivity contribution < 1.29 is 36.2 Å². The summed E-state index contributed by atoms with van der Waals surface area (Å²) in [6.45, 7) is 0. The van der Waals surface area contributed by atoms with Crippen molar-refractivity contribution in [2.24, 2.45) is 0 Å². The van der Waals surface area contributed by atoms with Gasteiger partial charge in [0.05, 0.1) is 16.7 Å². The van der Waals surface area contributed by atoms with E-state index in [2.05, 4.69) is 0 Å². The summed E-state index contributed by atoms with van der Waals surface area (Å²) in [5, 5.41) is 8.97. The Morgan fingerprint density at radius 3 is 1.88 bits per heavy atom. The third-order valence-electron chi connectivity index (χ3n) is 1.91. The minimum atomic E-state index is -5.16. The maximum Gasteiger partial charge on any atom is 0.417 e. The molecule has 0 saturated heterocycles. The molecule has 0 fully saturated rings. The molecule has 0 aliphatic rings. The lowest BCUT2D eigenvalue weighted by Crippen LogP contribution is -2.13. The van der Waals surface area contributed by atoms with Crippen molar-refractivity contribution in [1.82, 2.24) is 0 Å². The lowest BCUT2D eigenvalue weighted by molar-refractivity contribution is -0.143. The number of hydrogen-bond donors (Lipinski definition) is 1.